The van der Waals surface area contributed by atoms with Gasteiger partial charge in [-0.1, -0.05) is 19.0 Å². The molecule has 0 aromatic rings. The van der Waals surface area contributed by atoms with E-state index in [2.05, 4.69) is 24.5 Å². The molecule has 80 valence electrons. The Bertz CT molecular complexity index is 288. The van der Waals surface area contributed by atoms with Gasteiger partial charge in [-0.3, -0.25) is 0 Å². The van der Waals surface area contributed by atoms with E-state index >= 15 is 0 Å². The second-order valence-corrected chi connectivity index (χ2v) is 5.43. The zero-order valence-corrected chi connectivity index (χ0v) is 8.91. The number of hydroxylamine groups is 1. The summed E-state index contributed by atoms with van der Waals surface area (Å²) in [5.41, 5.74) is 2.76. The molecule has 0 unspecified atom stereocenters. The van der Waals surface area contributed by atoms with Crippen LogP contribution in [0, 0.1) is 17.3 Å². The lowest BCUT2D eigenvalue weighted by atomic mass is 9.82. The average molecular weight is 198 g/mol. The van der Waals surface area contributed by atoms with Gasteiger partial charge < -0.3 is 10.4 Å². The summed E-state index contributed by atoms with van der Waals surface area (Å²) < 4.78 is 0. The molecule has 0 aromatic carbocycles. The van der Waals surface area contributed by atoms with Crippen molar-refractivity contribution >= 4 is 5.71 Å². The fraction of sp³-hybridized carbons (Fsp3) is 0.900. The number of hydrogen-bond acceptors (Lipinski definition) is 4. The molecule has 0 spiro atoms. The third-order valence-electron chi connectivity index (χ3n) is 4.33. The topological polar surface area (TPSA) is 64.9 Å². The highest BCUT2D eigenvalue weighted by Crippen LogP contribution is 2.65. The molecular formula is C10H18N2O2. The summed E-state index contributed by atoms with van der Waals surface area (Å²) in [5, 5.41) is 21.3. The summed E-state index contributed by atoms with van der Waals surface area (Å²) in [7, 11) is 0. The molecule has 0 heterocycles. The summed E-state index contributed by atoms with van der Waals surface area (Å²) in [6.07, 6.45) is 1.64. The number of nitrogens with zero attached hydrogens (tertiary/aromatic N) is 1. The van der Waals surface area contributed by atoms with Crippen molar-refractivity contribution < 1.29 is 10.4 Å². The van der Waals surface area contributed by atoms with Crippen molar-refractivity contribution in [1.82, 2.24) is 5.48 Å². The number of rotatable bonds is 1. The predicted molar refractivity (Wildman–Crippen MR) is 52.5 cm³/mol. The maximum atomic E-state index is 9.12. The van der Waals surface area contributed by atoms with Crippen molar-refractivity contribution in [3.05, 3.63) is 0 Å². The highest BCUT2D eigenvalue weighted by Gasteiger charge is 2.63. The van der Waals surface area contributed by atoms with Crippen molar-refractivity contribution in [2.75, 3.05) is 0 Å². The van der Waals surface area contributed by atoms with E-state index in [1.807, 2.05) is 6.92 Å². The molecule has 2 aliphatic carbocycles. The van der Waals surface area contributed by atoms with Crippen molar-refractivity contribution in [2.24, 2.45) is 22.4 Å². The molecule has 0 bridgehead atoms. The molecule has 2 fully saturated rings. The zero-order valence-electron chi connectivity index (χ0n) is 8.91. The standard InChI is InChI=1S/C10H18N2O2/c1-9(2)6-4-8(11-13)10(3,12-14)5-7(6)9/h6-7,12-14H,4-5H2,1-3H3/b11-8+/t6-,7+,10+/m1/s1. The molecule has 0 aliphatic heterocycles. The highest BCUT2D eigenvalue weighted by atomic mass is 16.5. The van der Waals surface area contributed by atoms with E-state index in [0.29, 0.717) is 23.0 Å². The van der Waals surface area contributed by atoms with Gasteiger partial charge in [-0.25, -0.2) is 0 Å². The number of oxime groups is 1. The number of nitrogens with one attached hydrogen (secondary N) is 1. The molecule has 2 rings (SSSR count). The van der Waals surface area contributed by atoms with Gasteiger partial charge in [0, 0.05) is 0 Å². The third-order valence-corrected chi connectivity index (χ3v) is 4.33. The lowest BCUT2D eigenvalue weighted by molar-refractivity contribution is 0.0902. The third kappa shape index (κ3) is 1.10. The Morgan fingerprint density at radius 1 is 1.36 bits per heavy atom. The first-order valence-corrected chi connectivity index (χ1v) is 5.08. The lowest BCUT2D eigenvalue weighted by Gasteiger charge is -2.32. The highest BCUT2D eigenvalue weighted by molar-refractivity contribution is 5.94. The molecule has 2 aliphatic rings. The molecule has 14 heavy (non-hydrogen) atoms. The minimum Gasteiger partial charge on any atom is -0.411 e. The van der Waals surface area contributed by atoms with Crippen LogP contribution in [0.1, 0.15) is 33.6 Å². The van der Waals surface area contributed by atoms with Crippen molar-refractivity contribution in [3.63, 3.8) is 0 Å². The fourth-order valence-corrected chi connectivity index (χ4v) is 2.92. The molecular weight excluding hydrogens is 180 g/mol. The maximum absolute atomic E-state index is 9.12. The van der Waals surface area contributed by atoms with Gasteiger partial charge in [0.1, 0.15) is 0 Å². The second kappa shape index (κ2) is 2.70. The van der Waals surface area contributed by atoms with Crippen LogP contribution >= 0.6 is 0 Å². The maximum Gasteiger partial charge on any atom is 0.0818 e. The molecule has 3 atom stereocenters. The molecule has 3 N–H and O–H groups in total. The van der Waals surface area contributed by atoms with Crippen LogP contribution in [0.5, 0.6) is 0 Å². The Kier molecular flexibility index (Phi) is 1.92. The van der Waals surface area contributed by atoms with Gasteiger partial charge in [0.05, 0.1) is 11.3 Å². The number of fused-ring (bicyclic) bond motifs is 1. The van der Waals surface area contributed by atoms with E-state index < -0.39 is 5.54 Å². The SMILES string of the molecule is CC1(C)[C@@H]2C/C(=N\O)[C@@](C)(NO)C[C@@H]21. The molecule has 0 aromatic heterocycles. The van der Waals surface area contributed by atoms with Crippen LogP contribution in [0.15, 0.2) is 5.16 Å². The van der Waals surface area contributed by atoms with Crippen molar-refractivity contribution in [1.29, 1.82) is 0 Å². The van der Waals surface area contributed by atoms with E-state index in [-0.39, 0.29) is 0 Å². The second-order valence-electron chi connectivity index (χ2n) is 5.43. The Morgan fingerprint density at radius 3 is 2.50 bits per heavy atom. The number of hydrogen-bond donors (Lipinski definition) is 3. The summed E-state index contributed by atoms with van der Waals surface area (Å²) in [4.78, 5) is 0. The molecule has 4 nitrogen and oxygen atoms in total. The summed E-state index contributed by atoms with van der Waals surface area (Å²) >= 11 is 0. The summed E-state index contributed by atoms with van der Waals surface area (Å²) in [5.74, 6) is 1.26. The summed E-state index contributed by atoms with van der Waals surface area (Å²) in [6, 6.07) is 0. The monoisotopic (exact) mass is 198 g/mol. The Labute approximate surface area is 84.0 Å². The first kappa shape index (κ1) is 9.93. The van der Waals surface area contributed by atoms with Crippen molar-refractivity contribution in [3.8, 4) is 0 Å². The van der Waals surface area contributed by atoms with Crippen LogP contribution in [0.4, 0.5) is 0 Å². The van der Waals surface area contributed by atoms with Crippen molar-refractivity contribution in [2.45, 2.75) is 39.2 Å². The Morgan fingerprint density at radius 2 is 2.00 bits per heavy atom. The van der Waals surface area contributed by atoms with Crippen LogP contribution in [0.25, 0.3) is 0 Å². The normalized spacial score (nSPS) is 47.6. The van der Waals surface area contributed by atoms with Gasteiger partial charge in [-0.2, -0.15) is 5.48 Å². The summed E-state index contributed by atoms with van der Waals surface area (Å²) in [6.45, 7) is 6.35. The van der Waals surface area contributed by atoms with E-state index in [9.17, 15) is 0 Å². The average Bonchev–Trinajstić information content (AvgIpc) is 2.66. The van der Waals surface area contributed by atoms with E-state index in [1.54, 1.807) is 0 Å². The zero-order chi connectivity index (χ0) is 10.6. The molecule has 2 saturated carbocycles. The van der Waals surface area contributed by atoms with Gasteiger partial charge in [0.2, 0.25) is 0 Å². The van der Waals surface area contributed by atoms with Crippen LogP contribution < -0.4 is 5.48 Å². The van der Waals surface area contributed by atoms with Gasteiger partial charge in [-0.05, 0) is 37.0 Å². The lowest BCUT2D eigenvalue weighted by Crippen LogP contribution is -2.50. The Balaban J connectivity index is 2.23. The molecule has 0 saturated heterocycles. The van der Waals surface area contributed by atoms with Crippen LogP contribution in [-0.2, 0) is 0 Å². The largest absolute Gasteiger partial charge is 0.411 e. The fourth-order valence-electron chi connectivity index (χ4n) is 2.92. The van der Waals surface area contributed by atoms with Crippen LogP contribution in [0.2, 0.25) is 0 Å². The van der Waals surface area contributed by atoms with Crippen LogP contribution in [-0.4, -0.2) is 21.7 Å². The van der Waals surface area contributed by atoms with Gasteiger partial charge in [0.15, 0.2) is 0 Å². The van der Waals surface area contributed by atoms with Gasteiger partial charge >= 0.3 is 0 Å². The molecule has 4 heteroatoms. The molecule has 0 amide bonds. The van der Waals surface area contributed by atoms with Crippen LogP contribution in [0.3, 0.4) is 0 Å². The van der Waals surface area contributed by atoms with E-state index in [0.717, 1.165) is 12.8 Å². The van der Waals surface area contributed by atoms with Gasteiger partial charge in [-0.15, -0.1) is 0 Å². The van der Waals surface area contributed by atoms with E-state index in [4.69, 9.17) is 10.4 Å². The smallest absolute Gasteiger partial charge is 0.0818 e. The Hall–Kier alpha value is -0.610. The quantitative estimate of drug-likeness (QED) is 0.443. The first-order valence-electron chi connectivity index (χ1n) is 5.08. The molecule has 0 radical (unpaired) electrons. The predicted octanol–water partition coefficient (Wildman–Crippen LogP) is 1.62. The minimum atomic E-state index is -0.538. The van der Waals surface area contributed by atoms with E-state index in [1.165, 1.54) is 0 Å². The first-order chi connectivity index (χ1) is 6.45. The minimum absolute atomic E-state index is 0.338. The van der Waals surface area contributed by atoms with Gasteiger partial charge in [0.25, 0.3) is 0 Å².